The Kier molecular flexibility index (Phi) is 7.97. The van der Waals surface area contributed by atoms with Gasteiger partial charge in [0.15, 0.2) is 0 Å². The first-order valence-electron chi connectivity index (χ1n) is 23.9. The van der Waals surface area contributed by atoms with Crippen molar-refractivity contribution in [2.75, 3.05) is 14.7 Å². The SMILES string of the molecule is C[Si]1(C)c2ccccc2-c2c1ccc1c2N(c2ccccc2)c2cc(N(c3ccccc3)c3cccc4oc5ccccc5c34)cc3c2B1c1ccc2oc4ccccc4c2c1N3c1ccccc1. The molecule has 0 amide bonds. The normalized spacial score (nSPS) is 14.0. The van der Waals surface area contributed by atoms with Crippen LogP contribution in [0.2, 0.25) is 13.1 Å². The zero-order chi connectivity index (χ0) is 45.5. The first kappa shape index (κ1) is 38.6. The van der Waals surface area contributed by atoms with Crippen LogP contribution >= 0.6 is 0 Å². The average molecular weight is 900 g/mol. The number of fused-ring (bicyclic) bond motifs is 15. The fourth-order valence-corrected chi connectivity index (χ4v) is 15.4. The van der Waals surface area contributed by atoms with E-state index in [4.69, 9.17) is 8.83 Å². The minimum atomic E-state index is -2.10. The maximum Gasteiger partial charge on any atom is 0.252 e. The van der Waals surface area contributed by atoms with Crippen LogP contribution in [0.15, 0.2) is 227 Å². The summed E-state index contributed by atoms with van der Waals surface area (Å²) in [5.74, 6) is 0. The molecular weight excluding hydrogens is 858 g/mol. The molecule has 69 heavy (non-hydrogen) atoms. The molecule has 0 saturated carbocycles. The van der Waals surface area contributed by atoms with E-state index < -0.39 is 8.07 Å². The van der Waals surface area contributed by atoms with Gasteiger partial charge in [0.25, 0.3) is 6.71 Å². The monoisotopic (exact) mass is 899 g/mol. The summed E-state index contributed by atoms with van der Waals surface area (Å²) in [4.78, 5) is 7.58. The van der Waals surface area contributed by atoms with Crippen LogP contribution in [0.25, 0.3) is 55.0 Å². The van der Waals surface area contributed by atoms with Gasteiger partial charge in [-0.15, -0.1) is 0 Å². The predicted molar refractivity (Wildman–Crippen MR) is 292 cm³/mol. The lowest BCUT2D eigenvalue weighted by atomic mass is 9.33. The summed E-state index contributed by atoms with van der Waals surface area (Å²) in [5, 5.41) is 7.34. The molecule has 0 N–H and O–H groups in total. The Morgan fingerprint density at radius 2 is 0.971 bits per heavy atom. The second-order valence-electron chi connectivity index (χ2n) is 19.2. The van der Waals surface area contributed by atoms with Crippen molar-refractivity contribution in [1.29, 1.82) is 0 Å². The number of anilines is 9. The lowest BCUT2D eigenvalue weighted by molar-refractivity contribution is 0.668. The summed E-state index contributed by atoms with van der Waals surface area (Å²) < 4.78 is 13.4. The molecule has 0 spiro atoms. The number of nitrogens with zero attached hydrogens (tertiary/aromatic N) is 3. The maximum atomic E-state index is 6.76. The minimum Gasteiger partial charge on any atom is -0.456 e. The van der Waals surface area contributed by atoms with Crippen LogP contribution in [0, 0.1) is 0 Å². The zero-order valence-corrected chi connectivity index (χ0v) is 39.0. The van der Waals surface area contributed by atoms with Crippen LogP contribution in [-0.2, 0) is 0 Å². The molecule has 0 saturated heterocycles. The third-order valence-corrected chi connectivity index (χ3v) is 18.7. The van der Waals surface area contributed by atoms with Crippen LogP contribution in [0.1, 0.15) is 0 Å². The molecule has 0 atom stereocenters. The smallest absolute Gasteiger partial charge is 0.252 e. The summed E-state index contributed by atoms with van der Waals surface area (Å²) in [7, 11) is -2.10. The third kappa shape index (κ3) is 5.30. The first-order valence-corrected chi connectivity index (χ1v) is 26.9. The highest BCUT2D eigenvalue weighted by Gasteiger charge is 2.48. The van der Waals surface area contributed by atoms with Gasteiger partial charge in [-0.3, -0.25) is 0 Å². The largest absolute Gasteiger partial charge is 0.456 e. The highest BCUT2D eigenvalue weighted by molar-refractivity contribution is 7.05. The molecule has 0 bridgehead atoms. The van der Waals surface area contributed by atoms with E-state index in [0.717, 1.165) is 89.4 Å². The quantitative estimate of drug-likeness (QED) is 0.161. The molecular formula is C62H42BN3O2Si. The number of rotatable bonds is 5. The fourth-order valence-electron chi connectivity index (χ4n) is 12.3. The molecule has 0 aliphatic carbocycles. The van der Waals surface area contributed by atoms with E-state index in [1.165, 1.54) is 43.6 Å². The molecule has 7 heteroatoms. The number of furan rings is 2. The van der Waals surface area contributed by atoms with E-state index >= 15 is 0 Å². The average Bonchev–Trinajstić information content (AvgIpc) is 4.05. The van der Waals surface area contributed by atoms with Gasteiger partial charge in [-0.1, -0.05) is 153 Å². The highest BCUT2D eigenvalue weighted by atomic mass is 28.3. The Bertz CT molecular complexity index is 4090. The first-order chi connectivity index (χ1) is 34.0. The number of hydrogen-bond donors (Lipinski definition) is 0. The molecule has 324 valence electrons. The standard InChI is InChI=1S/C62H42BN3O2Si/c1-69(2)55-32-17-14-27-45(55)59-56(69)36-34-47-62(59)66(41-23-10-5-11-24-41)50-38-42(64(39-19-6-3-7-20-39)48-28-18-31-53-57(48)43-25-12-15-29-51(43)67-53)37-49-60(50)63(47)46-33-35-54-58(44-26-13-16-30-52(44)68-54)61(46)65(49)40-21-8-4-9-22-40/h3-38H,1-2H3. The van der Waals surface area contributed by atoms with Crippen molar-refractivity contribution in [2.24, 2.45) is 0 Å². The van der Waals surface area contributed by atoms with Crippen LogP contribution in [0.3, 0.4) is 0 Å². The van der Waals surface area contributed by atoms with Gasteiger partial charge in [-0.25, -0.2) is 0 Å². The van der Waals surface area contributed by atoms with Gasteiger partial charge in [0, 0.05) is 50.5 Å². The van der Waals surface area contributed by atoms with Crippen LogP contribution < -0.4 is 41.5 Å². The van der Waals surface area contributed by atoms with E-state index in [1.807, 2.05) is 0 Å². The summed E-state index contributed by atoms with van der Waals surface area (Å²) in [6.07, 6.45) is 0. The lowest BCUT2D eigenvalue weighted by Gasteiger charge is -2.46. The Hall–Kier alpha value is -8.52. The third-order valence-electron chi connectivity index (χ3n) is 15.2. The Morgan fingerprint density at radius 1 is 0.435 bits per heavy atom. The van der Waals surface area contributed by atoms with Crippen LogP contribution in [0.5, 0.6) is 0 Å². The Morgan fingerprint density at radius 3 is 1.67 bits per heavy atom. The maximum absolute atomic E-state index is 6.76. The van der Waals surface area contributed by atoms with Gasteiger partial charge in [-0.2, -0.15) is 0 Å². The fraction of sp³-hybridized carbons (Fsp3) is 0.0323. The second-order valence-corrected chi connectivity index (χ2v) is 23.5. The minimum absolute atomic E-state index is 0.110. The molecule has 0 unspecified atom stereocenters. The number of benzene rings is 10. The van der Waals surface area contributed by atoms with Crippen molar-refractivity contribution in [2.45, 2.75) is 13.1 Å². The van der Waals surface area contributed by atoms with Crippen molar-refractivity contribution in [3.63, 3.8) is 0 Å². The highest BCUT2D eigenvalue weighted by Crippen LogP contribution is 2.53. The molecule has 3 aliphatic rings. The van der Waals surface area contributed by atoms with Crippen molar-refractivity contribution in [3.8, 4) is 11.1 Å². The van der Waals surface area contributed by atoms with Crippen LogP contribution in [-0.4, -0.2) is 14.8 Å². The van der Waals surface area contributed by atoms with E-state index in [2.05, 4.69) is 246 Å². The van der Waals surface area contributed by atoms with Gasteiger partial charge < -0.3 is 23.5 Å². The van der Waals surface area contributed by atoms with Gasteiger partial charge in [0.05, 0.1) is 27.8 Å². The van der Waals surface area contributed by atoms with E-state index in [1.54, 1.807) is 0 Å². The lowest BCUT2D eigenvalue weighted by Crippen LogP contribution is -2.62. The number of para-hydroxylation sites is 5. The number of hydrogen-bond acceptors (Lipinski definition) is 5. The Balaban J connectivity index is 1.14. The summed E-state index contributed by atoms with van der Waals surface area (Å²) in [5.41, 5.74) is 20.0. The van der Waals surface area contributed by atoms with E-state index in [-0.39, 0.29) is 6.71 Å². The van der Waals surface area contributed by atoms with Gasteiger partial charge in [0.2, 0.25) is 0 Å². The van der Waals surface area contributed by atoms with Gasteiger partial charge in [0.1, 0.15) is 30.4 Å². The summed E-state index contributed by atoms with van der Waals surface area (Å²) in [6.45, 7) is 4.94. The molecule has 0 radical (unpaired) electrons. The second kappa shape index (κ2) is 14.3. The molecule has 15 rings (SSSR count). The van der Waals surface area contributed by atoms with Crippen LogP contribution in [0.4, 0.5) is 51.2 Å². The molecule has 12 aromatic rings. The van der Waals surface area contributed by atoms with Crippen molar-refractivity contribution >= 4 is 137 Å². The molecule has 3 aliphatic heterocycles. The van der Waals surface area contributed by atoms with Crippen molar-refractivity contribution in [3.05, 3.63) is 218 Å². The van der Waals surface area contributed by atoms with Gasteiger partial charge >= 0.3 is 0 Å². The molecule has 5 heterocycles. The molecule has 2 aromatic heterocycles. The summed E-state index contributed by atoms with van der Waals surface area (Å²) >= 11 is 0. The van der Waals surface area contributed by atoms with Crippen molar-refractivity contribution < 1.29 is 8.83 Å². The van der Waals surface area contributed by atoms with E-state index in [0.29, 0.717) is 0 Å². The molecule has 5 nitrogen and oxygen atoms in total. The zero-order valence-electron chi connectivity index (χ0n) is 38.0. The summed E-state index contributed by atoms with van der Waals surface area (Å²) in [6, 6.07) is 79.9. The van der Waals surface area contributed by atoms with E-state index in [9.17, 15) is 0 Å². The molecule has 0 fully saturated rings. The van der Waals surface area contributed by atoms with Gasteiger partial charge in [-0.05, 0) is 111 Å². The predicted octanol–water partition coefficient (Wildman–Crippen LogP) is 13.8. The van der Waals surface area contributed by atoms with Crippen molar-refractivity contribution in [1.82, 2.24) is 0 Å². The topological polar surface area (TPSA) is 36.0 Å². The molecule has 10 aromatic carbocycles. The Labute approximate surface area is 400 Å².